The largest absolute Gasteiger partial charge is 0.460 e. The molecule has 10 heteroatoms. The van der Waals surface area contributed by atoms with Crippen molar-refractivity contribution in [2.24, 2.45) is 0 Å². The summed E-state index contributed by atoms with van der Waals surface area (Å²) >= 11 is 0. The van der Waals surface area contributed by atoms with Crippen LogP contribution in [0.25, 0.3) is 10.9 Å². The van der Waals surface area contributed by atoms with Gasteiger partial charge in [0.1, 0.15) is 10.9 Å². The molecule has 2 rings (SSSR count). The van der Waals surface area contributed by atoms with Crippen LogP contribution in [0.2, 0.25) is 0 Å². The Morgan fingerprint density at radius 3 is 2.60 bits per heavy atom. The number of rotatable bonds is 4. The van der Waals surface area contributed by atoms with Gasteiger partial charge in [0.25, 0.3) is 17.1 Å². The number of aromatic nitrogens is 1. The van der Waals surface area contributed by atoms with Crippen LogP contribution >= 0.6 is 0 Å². The lowest BCUT2D eigenvalue weighted by atomic mass is 10.1. The monoisotopic (exact) mass is 281 g/mol. The van der Waals surface area contributed by atoms with E-state index >= 15 is 0 Å². The number of nitro groups is 2. The minimum atomic E-state index is -0.924. The topological polar surface area (TPSA) is 139 Å². The zero-order valence-electron chi connectivity index (χ0n) is 10.1. The summed E-state index contributed by atoms with van der Waals surface area (Å²) in [5.74, 6) is -1.38. The first-order valence-electron chi connectivity index (χ1n) is 5.35. The van der Waals surface area contributed by atoms with E-state index in [9.17, 15) is 25.0 Å². The predicted octanol–water partition coefficient (Wildman–Crippen LogP) is 1.82. The van der Waals surface area contributed by atoms with Gasteiger partial charge in [-0.25, -0.2) is 4.79 Å². The van der Waals surface area contributed by atoms with Crippen molar-refractivity contribution in [3.63, 3.8) is 0 Å². The second-order valence-corrected chi connectivity index (χ2v) is 3.61. The molecule has 20 heavy (non-hydrogen) atoms. The molecule has 0 aliphatic rings. The molecule has 0 radical (unpaired) electrons. The number of fused-ring (bicyclic) bond motifs is 1. The van der Waals surface area contributed by atoms with E-state index in [1.165, 1.54) is 0 Å². The third kappa shape index (κ3) is 2.13. The van der Waals surface area contributed by atoms with Crippen molar-refractivity contribution in [3.05, 3.63) is 38.1 Å². The van der Waals surface area contributed by atoms with E-state index in [1.54, 1.807) is 6.92 Å². The van der Waals surface area contributed by atoms with E-state index in [-0.39, 0.29) is 17.5 Å². The van der Waals surface area contributed by atoms with Gasteiger partial charge in [-0.15, -0.1) is 0 Å². The first kappa shape index (κ1) is 13.4. The number of hydrogen-bond donors (Lipinski definition) is 0. The molecule has 0 aliphatic heterocycles. The van der Waals surface area contributed by atoms with Crippen molar-refractivity contribution in [2.45, 2.75) is 6.92 Å². The average molecular weight is 281 g/mol. The molecule has 1 aromatic carbocycles. The maximum Gasteiger partial charge on any atom is 0.378 e. The zero-order valence-corrected chi connectivity index (χ0v) is 10.1. The van der Waals surface area contributed by atoms with Gasteiger partial charge in [-0.1, -0.05) is 5.16 Å². The summed E-state index contributed by atoms with van der Waals surface area (Å²) in [6.45, 7) is 1.59. The van der Waals surface area contributed by atoms with Crippen LogP contribution in [-0.4, -0.2) is 27.6 Å². The van der Waals surface area contributed by atoms with E-state index in [2.05, 4.69) is 9.89 Å². The van der Waals surface area contributed by atoms with Crippen LogP contribution < -0.4 is 0 Å². The van der Waals surface area contributed by atoms with E-state index in [4.69, 9.17) is 4.52 Å². The highest BCUT2D eigenvalue weighted by molar-refractivity contribution is 6.05. The minimum absolute atomic E-state index is 0.0435. The van der Waals surface area contributed by atoms with Gasteiger partial charge in [-0.05, 0) is 6.92 Å². The van der Waals surface area contributed by atoms with Crippen LogP contribution in [0.4, 0.5) is 11.4 Å². The lowest BCUT2D eigenvalue weighted by molar-refractivity contribution is -0.393. The molecule has 0 saturated carbocycles. The molecule has 1 heterocycles. The first-order valence-corrected chi connectivity index (χ1v) is 5.35. The lowest BCUT2D eigenvalue weighted by Crippen LogP contribution is -2.04. The molecule has 10 nitrogen and oxygen atoms in total. The number of carbonyl (C=O) groups is 1. The summed E-state index contributed by atoms with van der Waals surface area (Å²) in [5.41, 5.74) is -1.32. The summed E-state index contributed by atoms with van der Waals surface area (Å²) in [6.07, 6.45) is 0. The Balaban J connectivity index is 2.73. The Morgan fingerprint density at radius 2 is 2.05 bits per heavy atom. The maximum atomic E-state index is 11.6. The van der Waals surface area contributed by atoms with Gasteiger partial charge in [0.05, 0.1) is 22.5 Å². The van der Waals surface area contributed by atoms with Gasteiger partial charge >= 0.3 is 5.97 Å². The number of esters is 1. The number of benzene rings is 1. The maximum absolute atomic E-state index is 11.6. The normalized spacial score (nSPS) is 10.4. The summed E-state index contributed by atoms with van der Waals surface area (Å²) in [5, 5.41) is 24.9. The molecule has 0 bridgehead atoms. The number of nitrogens with zero attached hydrogens (tertiary/aromatic N) is 3. The molecule has 0 unspecified atom stereocenters. The molecule has 0 aliphatic carbocycles. The molecule has 0 amide bonds. The average Bonchev–Trinajstić information content (AvgIpc) is 2.81. The summed E-state index contributed by atoms with van der Waals surface area (Å²) in [6, 6.07) is 1.72. The van der Waals surface area contributed by atoms with Gasteiger partial charge in [-0.2, -0.15) is 0 Å². The Labute approximate surface area is 110 Å². The molecule has 2 aromatic rings. The van der Waals surface area contributed by atoms with Crippen molar-refractivity contribution >= 4 is 28.2 Å². The highest BCUT2D eigenvalue weighted by Gasteiger charge is 2.29. The van der Waals surface area contributed by atoms with Crippen molar-refractivity contribution in [1.29, 1.82) is 0 Å². The van der Waals surface area contributed by atoms with Gasteiger partial charge in [0, 0.05) is 6.07 Å². The van der Waals surface area contributed by atoms with Crippen LogP contribution in [0.15, 0.2) is 16.7 Å². The molecule has 0 fully saturated rings. The smallest absolute Gasteiger partial charge is 0.378 e. The fraction of sp³-hybridized carbons (Fsp3) is 0.200. The Bertz CT molecular complexity index is 721. The Kier molecular flexibility index (Phi) is 3.29. The van der Waals surface area contributed by atoms with E-state index < -0.39 is 33.0 Å². The third-order valence-electron chi connectivity index (χ3n) is 2.41. The molecule has 0 spiro atoms. The highest BCUT2D eigenvalue weighted by Crippen LogP contribution is 2.33. The van der Waals surface area contributed by atoms with Crippen LogP contribution in [0, 0.1) is 20.2 Å². The molecule has 0 atom stereocenters. The van der Waals surface area contributed by atoms with Crippen LogP contribution in [0.1, 0.15) is 17.5 Å². The lowest BCUT2D eigenvalue weighted by Gasteiger charge is -1.98. The second-order valence-electron chi connectivity index (χ2n) is 3.61. The molecular weight excluding hydrogens is 274 g/mol. The first-order chi connectivity index (χ1) is 9.45. The minimum Gasteiger partial charge on any atom is -0.460 e. The van der Waals surface area contributed by atoms with Crippen LogP contribution in [0.3, 0.4) is 0 Å². The van der Waals surface area contributed by atoms with Gasteiger partial charge < -0.3 is 9.26 Å². The van der Waals surface area contributed by atoms with Gasteiger partial charge in [-0.3, -0.25) is 20.2 Å². The van der Waals surface area contributed by atoms with E-state index in [0.29, 0.717) is 0 Å². The van der Waals surface area contributed by atoms with Crippen LogP contribution in [-0.2, 0) is 4.74 Å². The number of nitro benzene ring substituents is 2. The molecule has 104 valence electrons. The fourth-order valence-corrected chi connectivity index (χ4v) is 1.63. The van der Waals surface area contributed by atoms with E-state index in [0.717, 1.165) is 12.1 Å². The van der Waals surface area contributed by atoms with Crippen LogP contribution in [0.5, 0.6) is 0 Å². The Hall–Kier alpha value is -3.04. The van der Waals surface area contributed by atoms with Crippen molar-refractivity contribution in [3.8, 4) is 0 Å². The highest BCUT2D eigenvalue weighted by atomic mass is 16.6. The molecule has 1 aromatic heterocycles. The molecule has 0 saturated heterocycles. The summed E-state index contributed by atoms with van der Waals surface area (Å²) in [7, 11) is 0. The second kappa shape index (κ2) is 4.91. The van der Waals surface area contributed by atoms with Gasteiger partial charge in [0.2, 0.25) is 0 Å². The standard InChI is InChI=1S/C10H7N3O7/c1-2-19-10(14)9-8-6(11-20-9)3-5(12(15)16)4-7(8)13(17)18/h3-4H,2H2,1H3. The summed E-state index contributed by atoms with van der Waals surface area (Å²) < 4.78 is 9.38. The number of hydrogen-bond acceptors (Lipinski definition) is 8. The number of non-ortho nitro benzene ring substituents is 2. The number of ether oxygens (including phenoxy) is 1. The predicted molar refractivity (Wildman–Crippen MR) is 63.3 cm³/mol. The van der Waals surface area contributed by atoms with Gasteiger partial charge in [0.15, 0.2) is 0 Å². The van der Waals surface area contributed by atoms with Crippen molar-refractivity contribution in [2.75, 3.05) is 6.61 Å². The third-order valence-corrected chi connectivity index (χ3v) is 2.41. The van der Waals surface area contributed by atoms with Crippen molar-refractivity contribution < 1.29 is 23.9 Å². The SMILES string of the molecule is CCOC(=O)c1onc2cc([N+](=O)[O-])cc([N+](=O)[O-])c12. The fourth-order valence-electron chi connectivity index (χ4n) is 1.63. The Morgan fingerprint density at radius 1 is 1.35 bits per heavy atom. The summed E-state index contributed by atoms with van der Waals surface area (Å²) in [4.78, 5) is 31.6. The molecular formula is C10H7N3O7. The van der Waals surface area contributed by atoms with E-state index in [1.807, 2.05) is 0 Å². The zero-order chi connectivity index (χ0) is 14.9. The quantitative estimate of drug-likeness (QED) is 0.469. The van der Waals surface area contributed by atoms with Crippen molar-refractivity contribution in [1.82, 2.24) is 5.16 Å². The number of carbonyl (C=O) groups excluding carboxylic acids is 1. The molecule has 0 N–H and O–H groups in total.